The topological polar surface area (TPSA) is 99.1 Å². The smallest absolute Gasteiger partial charge is 0.326 e. The highest BCUT2D eigenvalue weighted by Crippen LogP contribution is 2.17. The Bertz CT molecular complexity index is 358. The number of carboxylic acid groups (broad SMARTS) is 1. The fraction of sp³-hybridized carbons (Fsp3) is 0.667. The molecular formula is C12H20N2O5. The molecule has 7 nitrogen and oxygen atoms in total. The van der Waals surface area contributed by atoms with E-state index in [1.807, 2.05) is 6.92 Å². The van der Waals surface area contributed by atoms with Crippen LogP contribution in [0.1, 0.15) is 13.3 Å². The van der Waals surface area contributed by atoms with Crippen LogP contribution < -0.4 is 5.32 Å². The molecule has 0 aromatic heterocycles. The minimum absolute atomic E-state index is 0.0371. The van der Waals surface area contributed by atoms with Crippen LogP contribution >= 0.6 is 0 Å². The minimum Gasteiger partial charge on any atom is -0.480 e. The molecule has 0 saturated carbocycles. The van der Waals surface area contributed by atoms with E-state index in [0.717, 1.165) is 10.5 Å². The quantitative estimate of drug-likeness (QED) is 0.460. The number of hydrogen-bond acceptors (Lipinski definition) is 4. The second kappa shape index (κ2) is 7.10. The van der Waals surface area contributed by atoms with Gasteiger partial charge in [0.25, 0.3) is 0 Å². The number of urea groups is 1. The minimum atomic E-state index is -1.11. The van der Waals surface area contributed by atoms with Crippen molar-refractivity contribution in [2.24, 2.45) is 0 Å². The summed E-state index contributed by atoms with van der Waals surface area (Å²) in [5, 5.41) is 20.9. The van der Waals surface area contributed by atoms with Gasteiger partial charge in [-0.25, -0.2) is 9.59 Å². The largest absolute Gasteiger partial charge is 0.480 e. The third-order valence-electron chi connectivity index (χ3n) is 2.70. The van der Waals surface area contributed by atoms with Crippen LogP contribution in [0.5, 0.6) is 0 Å². The Hall–Kier alpha value is -1.60. The second-order valence-electron chi connectivity index (χ2n) is 4.64. The van der Waals surface area contributed by atoms with Gasteiger partial charge in [0.1, 0.15) is 6.04 Å². The molecule has 1 heterocycles. The summed E-state index contributed by atoms with van der Waals surface area (Å²) in [5.74, 6) is -1.11. The van der Waals surface area contributed by atoms with E-state index in [1.54, 1.807) is 0 Å². The van der Waals surface area contributed by atoms with Crippen LogP contribution in [-0.2, 0) is 9.53 Å². The van der Waals surface area contributed by atoms with E-state index in [2.05, 4.69) is 11.9 Å². The van der Waals surface area contributed by atoms with Gasteiger partial charge in [0.15, 0.2) is 0 Å². The normalized spacial score (nSPS) is 22.3. The molecule has 0 unspecified atom stereocenters. The van der Waals surface area contributed by atoms with Crippen molar-refractivity contribution in [1.29, 1.82) is 0 Å². The zero-order chi connectivity index (χ0) is 14.4. The molecular weight excluding hydrogens is 252 g/mol. The van der Waals surface area contributed by atoms with Crippen molar-refractivity contribution in [2.75, 3.05) is 26.3 Å². The summed E-state index contributed by atoms with van der Waals surface area (Å²) in [6.07, 6.45) is -0.721. The lowest BCUT2D eigenvalue weighted by Gasteiger charge is -2.21. The molecule has 0 aromatic rings. The third-order valence-corrected chi connectivity index (χ3v) is 2.70. The molecule has 0 aliphatic carbocycles. The summed E-state index contributed by atoms with van der Waals surface area (Å²) < 4.78 is 5.21. The molecule has 108 valence electrons. The molecule has 0 radical (unpaired) electrons. The van der Waals surface area contributed by atoms with Gasteiger partial charge in [0.05, 0.1) is 19.3 Å². The van der Waals surface area contributed by atoms with E-state index in [9.17, 15) is 14.7 Å². The molecule has 0 aromatic carbocycles. The molecule has 19 heavy (non-hydrogen) atoms. The number of nitrogens with zero attached hydrogens (tertiary/aromatic N) is 1. The number of nitrogens with one attached hydrogen (secondary N) is 1. The molecule has 0 bridgehead atoms. The van der Waals surface area contributed by atoms with Crippen molar-refractivity contribution >= 4 is 12.0 Å². The Labute approximate surface area is 111 Å². The predicted octanol–water partition coefficient (Wildman–Crippen LogP) is -0.191. The van der Waals surface area contributed by atoms with Gasteiger partial charge < -0.3 is 25.2 Å². The third kappa shape index (κ3) is 4.88. The fourth-order valence-corrected chi connectivity index (χ4v) is 1.85. The van der Waals surface area contributed by atoms with Gasteiger partial charge in [-0.3, -0.25) is 0 Å². The average molecular weight is 272 g/mol. The Balaban J connectivity index is 2.32. The first-order valence-electron chi connectivity index (χ1n) is 6.09. The van der Waals surface area contributed by atoms with Crippen LogP contribution in [0.25, 0.3) is 0 Å². The second-order valence-corrected chi connectivity index (χ2v) is 4.64. The molecule has 1 rings (SSSR count). The predicted molar refractivity (Wildman–Crippen MR) is 67.8 cm³/mol. The van der Waals surface area contributed by atoms with Crippen molar-refractivity contribution in [1.82, 2.24) is 10.2 Å². The van der Waals surface area contributed by atoms with Crippen molar-refractivity contribution < 1.29 is 24.5 Å². The summed E-state index contributed by atoms with van der Waals surface area (Å²) in [4.78, 5) is 23.8. The number of carboxylic acids is 1. The molecule has 2 amide bonds. The van der Waals surface area contributed by atoms with Gasteiger partial charge >= 0.3 is 12.0 Å². The van der Waals surface area contributed by atoms with Crippen LogP contribution in [0, 0.1) is 0 Å². The number of aliphatic carboxylic acids is 1. The summed E-state index contributed by atoms with van der Waals surface area (Å²) in [5.41, 5.74) is 0.889. The average Bonchev–Trinajstić information content (AvgIpc) is 2.70. The molecule has 1 aliphatic rings. The van der Waals surface area contributed by atoms with Gasteiger partial charge in [-0.2, -0.15) is 0 Å². The van der Waals surface area contributed by atoms with E-state index >= 15 is 0 Å². The van der Waals surface area contributed by atoms with Crippen LogP contribution in [-0.4, -0.2) is 65.6 Å². The highest BCUT2D eigenvalue weighted by molar-refractivity contribution is 5.83. The number of aliphatic hydroxyl groups is 1. The summed E-state index contributed by atoms with van der Waals surface area (Å²) in [6, 6.07) is -1.46. The first-order chi connectivity index (χ1) is 8.91. The Morgan fingerprint density at radius 2 is 2.21 bits per heavy atom. The maximum absolute atomic E-state index is 11.8. The van der Waals surface area contributed by atoms with E-state index in [4.69, 9.17) is 9.84 Å². The van der Waals surface area contributed by atoms with E-state index in [1.165, 1.54) is 0 Å². The van der Waals surface area contributed by atoms with Crippen LogP contribution in [0.15, 0.2) is 12.2 Å². The fourth-order valence-electron chi connectivity index (χ4n) is 1.85. The number of ether oxygens (including phenoxy) is 1. The van der Waals surface area contributed by atoms with E-state index in [0.29, 0.717) is 13.2 Å². The highest BCUT2D eigenvalue weighted by atomic mass is 16.5. The maximum Gasteiger partial charge on any atom is 0.326 e. The van der Waals surface area contributed by atoms with Gasteiger partial charge in [-0.15, -0.1) is 0 Å². The maximum atomic E-state index is 11.8. The lowest BCUT2D eigenvalue weighted by molar-refractivity contribution is -0.141. The lowest BCUT2D eigenvalue weighted by atomic mass is 10.2. The summed E-state index contributed by atoms with van der Waals surface area (Å²) >= 11 is 0. The Morgan fingerprint density at radius 1 is 1.53 bits per heavy atom. The standard InChI is InChI=1S/C12H20N2O5/c1-8(2)7-19-4-3-13-12(18)14-6-9(15)5-10(14)11(16)17/h9-10,15H,1,3-7H2,2H3,(H,13,18)(H,16,17)/t9-,10+/m1/s1. The molecule has 1 fully saturated rings. The van der Waals surface area contributed by atoms with Crippen LogP contribution in [0.3, 0.4) is 0 Å². The summed E-state index contributed by atoms with van der Waals surface area (Å²) in [7, 11) is 0. The van der Waals surface area contributed by atoms with Gasteiger partial charge in [0.2, 0.25) is 0 Å². The molecule has 1 saturated heterocycles. The zero-order valence-corrected chi connectivity index (χ0v) is 11.0. The van der Waals surface area contributed by atoms with Crippen molar-refractivity contribution in [3.05, 3.63) is 12.2 Å². The molecule has 1 aliphatic heterocycles. The van der Waals surface area contributed by atoms with Crippen molar-refractivity contribution in [3.63, 3.8) is 0 Å². The molecule has 0 spiro atoms. The van der Waals surface area contributed by atoms with Gasteiger partial charge in [0, 0.05) is 19.5 Å². The Kier molecular flexibility index (Phi) is 5.78. The van der Waals surface area contributed by atoms with Crippen LogP contribution in [0.4, 0.5) is 4.79 Å². The number of aliphatic hydroxyl groups excluding tert-OH is 1. The van der Waals surface area contributed by atoms with Gasteiger partial charge in [-0.05, 0) is 6.92 Å². The first-order valence-corrected chi connectivity index (χ1v) is 6.09. The number of amides is 2. The number of β-amino-alcohol motifs (C(OH)–C–C–N with tert-alkyl or cyclic N) is 1. The van der Waals surface area contributed by atoms with E-state index in [-0.39, 0.29) is 19.5 Å². The number of carbonyl (C=O) groups is 2. The number of rotatable bonds is 6. The Morgan fingerprint density at radius 3 is 2.79 bits per heavy atom. The molecule has 7 heteroatoms. The van der Waals surface area contributed by atoms with E-state index < -0.39 is 24.1 Å². The zero-order valence-electron chi connectivity index (χ0n) is 11.0. The molecule has 3 N–H and O–H groups in total. The monoisotopic (exact) mass is 272 g/mol. The first kappa shape index (κ1) is 15.5. The number of carbonyl (C=O) groups excluding carboxylic acids is 1. The number of hydrogen-bond donors (Lipinski definition) is 3. The SMILES string of the molecule is C=C(C)COCCNC(=O)N1C[C@H](O)C[C@H]1C(=O)O. The van der Waals surface area contributed by atoms with Crippen LogP contribution in [0.2, 0.25) is 0 Å². The van der Waals surface area contributed by atoms with Crippen molar-refractivity contribution in [2.45, 2.75) is 25.5 Å². The highest BCUT2D eigenvalue weighted by Gasteiger charge is 2.38. The lowest BCUT2D eigenvalue weighted by Crippen LogP contribution is -2.46. The van der Waals surface area contributed by atoms with Crippen molar-refractivity contribution in [3.8, 4) is 0 Å². The number of likely N-dealkylation sites (tertiary alicyclic amines) is 1. The van der Waals surface area contributed by atoms with Gasteiger partial charge in [-0.1, -0.05) is 12.2 Å². The molecule has 2 atom stereocenters. The summed E-state index contributed by atoms with van der Waals surface area (Å²) in [6.45, 7) is 6.58.